The van der Waals surface area contributed by atoms with E-state index in [1.165, 1.54) is 6.07 Å². The van der Waals surface area contributed by atoms with Crippen molar-refractivity contribution in [3.63, 3.8) is 0 Å². The largest absolute Gasteiger partial charge is 0.294 e. The molecule has 1 nitrogen and oxygen atoms in total. The first-order valence-corrected chi connectivity index (χ1v) is 5.08. The van der Waals surface area contributed by atoms with Crippen molar-refractivity contribution in [2.75, 3.05) is 0 Å². The second kappa shape index (κ2) is 3.56. The number of Topliss-reactive ketones (excluding diaryl/α,β-unsaturated/α-hetero) is 1. The maximum atomic E-state index is 13.3. The van der Waals surface area contributed by atoms with Gasteiger partial charge in [-0.1, -0.05) is 18.5 Å². The predicted molar refractivity (Wildman–Crippen MR) is 53.0 cm³/mol. The summed E-state index contributed by atoms with van der Waals surface area (Å²) in [5.41, 5.74) is -0.300. The lowest BCUT2D eigenvalue weighted by molar-refractivity contribution is 0.0957. The van der Waals surface area contributed by atoms with Gasteiger partial charge < -0.3 is 0 Å². The topological polar surface area (TPSA) is 17.1 Å². The minimum atomic E-state index is -1.13. The molecule has 0 amide bonds. The third kappa shape index (κ3) is 1.76. The van der Waals surface area contributed by atoms with Crippen LogP contribution in [-0.2, 0) is 0 Å². The van der Waals surface area contributed by atoms with E-state index in [1.54, 1.807) is 0 Å². The molecule has 1 fully saturated rings. The zero-order chi connectivity index (χ0) is 11.2. The Balaban J connectivity index is 2.43. The summed E-state index contributed by atoms with van der Waals surface area (Å²) < 4.78 is 26.3. The van der Waals surface area contributed by atoms with Crippen LogP contribution in [0.1, 0.15) is 23.7 Å². The SMILES string of the molecule is CC1CC1C(=O)c1c(Cl)ccc(F)c1F. The number of hydrogen-bond acceptors (Lipinski definition) is 1. The minimum Gasteiger partial charge on any atom is -0.294 e. The van der Waals surface area contributed by atoms with Crippen molar-refractivity contribution in [2.24, 2.45) is 11.8 Å². The molecule has 80 valence electrons. The van der Waals surface area contributed by atoms with E-state index in [1.807, 2.05) is 6.92 Å². The quantitative estimate of drug-likeness (QED) is 0.562. The Kier molecular flexibility index (Phi) is 2.51. The zero-order valence-electron chi connectivity index (χ0n) is 8.06. The number of carbonyl (C=O) groups is 1. The van der Waals surface area contributed by atoms with Gasteiger partial charge in [-0.05, 0) is 24.5 Å². The van der Waals surface area contributed by atoms with Crippen molar-refractivity contribution >= 4 is 17.4 Å². The molecule has 0 radical (unpaired) electrons. The minimum absolute atomic E-state index is 0.0157. The molecule has 0 aromatic heterocycles. The van der Waals surface area contributed by atoms with E-state index in [9.17, 15) is 13.6 Å². The molecular formula is C11H9ClF2O. The Morgan fingerprint density at radius 1 is 1.47 bits per heavy atom. The van der Waals surface area contributed by atoms with E-state index in [-0.39, 0.29) is 28.2 Å². The van der Waals surface area contributed by atoms with Gasteiger partial charge in [0.2, 0.25) is 0 Å². The van der Waals surface area contributed by atoms with Gasteiger partial charge in [-0.25, -0.2) is 8.78 Å². The molecule has 1 aliphatic rings. The van der Waals surface area contributed by atoms with E-state index in [4.69, 9.17) is 11.6 Å². The highest BCUT2D eigenvalue weighted by atomic mass is 35.5. The summed E-state index contributed by atoms with van der Waals surface area (Å²) in [5.74, 6) is -2.50. The number of carbonyl (C=O) groups excluding carboxylic acids is 1. The average Bonchev–Trinajstić information content (AvgIpc) is 2.90. The van der Waals surface area contributed by atoms with Gasteiger partial charge in [0.15, 0.2) is 17.4 Å². The first kappa shape index (κ1) is 10.6. The average molecular weight is 231 g/mol. The third-order valence-electron chi connectivity index (χ3n) is 2.74. The molecule has 2 atom stereocenters. The second-order valence-corrected chi connectivity index (χ2v) is 4.31. The Bertz CT molecular complexity index is 431. The molecule has 0 aliphatic heterocycles. The Labute approximate surface area is 91.0 Å². The second-order valence-electron chi connectivity index (χ2n) is 3.90. The van der Waals surface area contributed by atoms with Gasteiger partial charge >= 0.3 is 0 Å². The fourth-order valence-corrected chi connectivity index (χ4v) is 1.86. The molecule has 4 heteroatoms. The molecule has 1 saturated carbocycles. The molecule has 2 rings (SSSR count). The van der Waals surface area contributed by atoms with E-state index in [2.05, 4.69) is 0 Å². The summed E-state index contributed by atoms with van der Waals surface area (Å²) in [6, 6.07) is 2.13. The Hall–Kier alpha value is -0.960. The van der Waals surface area contributed by atoms with Crippen LogP contribution in [0.5, 0.6) is 0 Å². The van der Waals surface area contributed by atoms with Crippen LogP contribution in [0.15, 0.2) is 12.1 Å². The fourth-order valence-electron chi connectivity index (χ4n) is 1.63. The van der Waals surface area contributed by atoms with Gasteiger partial charge in [0, 0.05) is 5.92 Å². The van der Waals surface area contributed by atoms with Crippen LogP contribution >= 0.6 is 11.6 Å². The Morgan fingerprint density at radius 2 is 2.07 bits per heavy atom. The molecule has 0 N–H and O–H groups in total. The van der Waals surface area contributed by atoms with Gasteiger partial charge in [-0.15, -0.1) is 0 Å². The lowest BCUT2D eigenvalue weighted by atomic mass is 10.1. The van der Waals surface area contributed by atoms with Gasteiger partial charge in [0.05, 0.1) is 10.6 Å². The van der Waals surface area contributed by atoms with Gasteiger partial charge in [-0.3, -0.25) is 4.79 Å². The summed E-state index contributed by atoms with van der Waals surface area (Å²) >= 11 is 5.69. The monoisotopic (exact) mass is 230 g/mol. The molecule has 1 aromatic rings. The number of ketones is 1. The van der Waals surface area contributed by atoms with Crippen molar-refractivity contribution in [1.82, 2.24) is 0 Å². The molecular weight excluding hydrogens is 222 g/mol. The normalized spacial score (nSPS) is 24.0. The lowest BCUT2D eigenvalue weighted by Gasteiger charge is -2.04. The highest BCUT2D eigenvalue weighted by Crippen LogP contribution is 2.41. The van der Waals surface area contributed by atoms with Crippen LogP contribution in [0.2, 0.25) is 5.02 Å². The molecule has 1 aliphatic carbocycles. The molecule has 15 heavy (non-hydrogen) atoms. The smallest absolute Gasteiger partial charge is 0.171 e. The van der Waals surface area contributed by atoms with E-state index in [0.717, 1.165) is 12.5 Å². The fraction of sp³-hybridized carbons (Fsp3) is 0.364. The van der Waals surface area contributed by atoms with Gasteiger partial charge in [-0.2, -0.15) is 0 Å². The lowest BCUT2D eigenvalue weighted by Crippen LogP contribution is -2.08. The zero-order valence-corrected chi connectivity index (χ0v) is 8.81. The molecule has 2 unspecified atom stereocenters. The summed E-state index contributed by atoms with van der Waals surface area (Å²) in [7, 11) is 0. The van der Waals surface area contributed by atoms with Gasteiger partial charge in [0.1, 0.15) is 0 Å². The Morgan fingerprint density at radius 3 is 2.60 bits per heavy atom. The van der Waals surface area contributed by atoms with Crippen molar-refractivity contribution in [1.29, 1.82) is 0 Å². The summed E-state index contributed by atoms with van der Waals surface area (Å²) in [6.45, 7) is 1.90. The highest BCUT2D eigenvalue weighted by Gasteiger charge is 2.41. The summed E-state index contributed by atoms with van der Waals surface area (Å²) in [6.07, 6.45) is 0.727. The number of hydrogen-bond donors (Lipinski definition) is 0. The van der Waals surface area contributed by atoms with Crippen molar-refractivity contribution in [3.8, 4) is 0 Å². The maximum Gasteiger partial charge on any atom is 0.171 e. The van der Waals surface area contributed by atoms with Crippen molar-refractivity contribution in [2.45, 2.75) is 13.3 Å². The molecule has 0 heterocycles. The van der Waals surface area contributed by atoms with E-state index >= 15 is 0 Å². The van der Waals surface area contributed by atoms with Crippen LogP contribution in [-0.4, -0.2) is 5.78 Å². The maximum absolute atomic E-state index is 13.3. The molecule has 0 spiro atoms. The predicted octanol–water partition coefficient (Wildman–Crippen LogP) is 3.46. The summed E-state index contributed by atoms with van der Waals surface area (Å²) in [5, 5.41) is -0.0157. The van der Waals surface area contributed by atoms with Crippen molar-refractivity contribution in [3.05, 3.63) is 34.4 Å². The van der Waals surface area contributed by atoms with Crippen molar-refractivity contribution < 1.29 is 13.6 Å². The highest BCUT2D eigenvalue weighted by molar-refractivity contribution is 6.34. The summed E-state index contributed by atoms with van der Waals surface area (Å²) in [4.78, 5) is 11.7. The standard InChI is InChI=1S/C11H9ClF2O/c1-5-4-6(5)11(15)9-7(12)2-3-8(13)10(9)14/h2-3,5-6H,4H2,1H3. The van der Waals surface area contributed by atoms with Crippen LogP contribution in [0.25, 0.3) is 0 Å². The number of halogens is 3. The van der Waals surface area contributed by atoms with Crippen LogP contribution in [0.4, 0.5) is 8.78 Å². The molecule has 0 bridgehead atoms. The first-order valence-electron chi connectivity index (χ1n) is 4.70. The molecule has 1 aromatic carbocycles. The van der Waals surface area contributed by atoms with Crippen LogP contribution in [0, 0.1) is 23.5 Å². The van der Waals surface area contributed by atoms with Crippen LogP contribution < -0.4 is 0 Å². The third-order valence-corrected chi connectivity index (χ3v) is 3.05. The van der Waals surface area contributed by atoms with Crippen LogP contribution in [0.3, 0.4) is 0 Å². The number of rotatable bonds is 2. The number of benzene rings is 1. The first-order chi connectivity index (χ1) is 7.02. The van der Waals surface area contributed by atoms with E-state index < -0.39 is 11.6 Å². The molecule has 0 saturated heterocycles. The van der Waals surface area contributed by atoms with Gasteiger partial charge in [0.25, 0.3) is 0 Å². The van der Waals surface area contributed by atoms with E-state index in [0.29, 0.717) is 0 Å².